The second kappa shape index (κ2) is 2.35. The van der Waals surface area contributed by atoms with Crippen LogP contribution < -0.4 is 11.1 Å². The van der Waals surface area contributed by atoms with Gasteiger partial charge in [-0.3, -0.25) is 4.79 Å². The third kappa shape index (κ3) is 1.05. The first-order chi connectivity index (χ1) is 4.25. The van der Waals surface area contributed by atoms with Gasteiger partial charge in [-0.15, -0.1) is 0 Å². The van der Waals surface area contributed by atoms with Gasteiger partial charge in [0.15, 0.2) is 0 Å². The molecule has 1 saturated heterocycles. The summed E-state index contributed by atoms with van der Waals surface area (Å²) in [7, 11) is 0. The summed E-state index contributed by atoms with van der Waals surface area (Å²) in [5.74, 6) is 0.361. The van der Waals surface area contributed by atoms with Crippen LogP contribution in [0.4, 0.5) is 0 Å². The largest absolute Gasteiger partial charge is 0.354 e. The molecule has 0 saturated carbocycles. The number of nitrogens with two attached hydrogens (primary N) is 1. The van der Waals surface area contributed by atoms with Crippen molar-refractivity contribution in [1.29, 1.82) is 0 Å². The Balaban J connectivity index is 2.51. The number of rotatable bonds is 1. The van der Waals surface area contributed by atoms with Crippen LogP contribution in [0.1, 0.15) is 13.3 Å². The molecule has 0 unspecified atom stereocenters. The Morgan fingerprint density at radius 2 is 2.56 bits per heavy atom. The summed E-state index contributed by atoms with van der Waals surface area (Å²) in [6.07, 6.45) is 0.986. The molecule has 1 amide bonds. The monoisotopic (exact) mass is 128 g/mol. The van der Waals surface area contributed by atoms with Crippen LogP contribution in [0.2, 0.25) is 0 Å². The normalized spacial score (nSPS) is 34.7. The highest BCUT2D eigenvalue weighted by molar-refractivity contribution is 5.83. The van der Waals surface area contributed by atoms with Crippen molar-refractivity contribution in [2.75, 3.05) is 6.54 Å². The van der Waals surface area contributed by atoms with Gasteiger partial charge < -0.3 is 11.1 Å². The standard InChI is InChI=1S/C6H12N2O/c1-2-4-3-8-6(9)5(4)7/h4-5H,2-3,7H2,1H3,(H,8,9)/t4-,5-/m1/s1. The maximum absolute atomic E-state index is 10.7. The lowest BCUT2D eigenvalue weighted by molar-refractivity contribution is -0.120. The first kappa shape index (κ1) is 6.55. The van der Waals surface area contributed by atoms with Gasteiger partial charge in [-0.25, -0.2) is 0 Å². The molecule has 9 heavy (non-hydrogen) atoms. The number of hydrogen-bond acceptors (Lipinski definition) is 2. The molecule has 3 nitrogen and oxygen atoms in total. The SMILES string of the molecule is CC[C@@H]1CNC(=O)[C@@H]1N. The Hall–Kier alpha value is -0.570. The smallest absolute Gasteiger partial charge is 0.237 e. The summed E-state index contributed by atoms with van der Waals surface area (Å²) in [6.45, 7) is 2.81. The summed E-state index contributed by atoms with van der Waals surface area (Å²) in [5, 5.41) is 2.71. The van der Waals surface area contributed by atoms with Crippen LogP contribution in [0.3, 0.4) is 0 Å². The predicted molar refractivity (Wildman–Crippen MR) is 34.8 cm³/mol. The molecular formula is C6H12N2O. The van der Waals surface area contributed by atoms with Crippen molar-refractivity contribution in [3.63, 3.8) is 0 Å². The Bertz CT molecular complexity index is 124. The van der Waals surface area contributed by atoms with Crippen LogP contribution >= 0.6 is 0 Å². The van der Waals surface area contributed by atoms with E-state index in [1.807, 2.05) is 6.92 Å². The second-order valence-corrected chi connectivity index (χ2v) is 2.44. The fourth-order valence-electron chi connectivity index (χ4n) is 1.09. The van der Waals surface area contributed by atoms with E-state index in [1.54, 1.807) is 0 Å². The molecular weight excluding hydrogens is 116 g/mol. The van der Waals surface area contributed by atoms with E-state index in [1.165, 1.54) is 0 Å². The van der Waals surface area contributed by atoms with E-state index in [0.29, 0.717) is 5.92 Å². The van der Waals surface area contributed by atoms with Crippen molar-refractivity contribution in [2.24, 2.45) is 11.7 Å². The van der Waals surface area contributed by atoms with Crippen molar-refractivity contribution in [1.82, 2.24) is 5.32 Å². The number of nitrogens with one attached hydrogen (secondary N) is 1. The number of hydrogen-bond donors (Lipinski definition) is 2. The van der Waals surface area contributed by atoms with Gasteiger partial charge in [-0.2, -0.15) is 0 Å². The molecule has 1 heterocycles. The van der Waals surface area contributed by atoms with E-state index in [-0.39, 0.29) is 11.9 Å². The Kier molecular flexibility index (Phi) is 1.71. The van der Waals surface area contributed by atoms with Crippen LogP contribution in [0, 0.1) is 5.92 Å². The average Bonchev–Trinajstić information content (AvgIpc) is 2.15. The van der Waals surface area contributed by atoms with E-state index in [2.05, 4.69) is 5.32 Å². The Labute approximate surface area is 54.6 Å². The lowest BCUT2D eigenvalue weighted by Gasteiger charge is -2.06. The summed E-state index contributed by atoms with van der Waals surface area (Å²) in [5.41, 5.74) is 5.52. The molecule has 1 aliphatic rings. The zero-order chi connectivity index (χ0) is 6.85. The van der Waals surface area contributed by atoms with Crippen molar-refractivity contribution in [3.8, 4) is 0 Å². The maximum atomic E-state index is 10.7. The zero-order valence-corrected chi connectivity index (χ0v) is 5.55. The zero-order valence-electron chi connectivity index (χ0n) is 5.55. The molecule has 0 aromatic carbocycles. The fourth-order valence-corrected chi connectivity index (χ4v) is 1.09. The second-order valence-electron chi connectivity index (χ2n) is 2.44. The minimum atomic E-state index is -0.255. The summed E-state index contributed by atoms with van der Waals surface area (Å²) < 4.78 is 0. The molecule has 0 spiro atoms. The third-order valence-electron chi connectivity index (χ3n) is 1.87. The minimum absolute atomic E-state index is 0.00171. The van der Waals surface area contributed by atoms with Crippen molar-refractivity contribution < 1.29 is 4.79 Å². The van der Waals surface area contributed by atoms with E-state index in [0.717, 1.165) is 13.0 Å². The van der Waals surface area contributed by atoms with Gasteiger partial charge in [0.2, 0.25) is 5.91 Å². The summed E-state index contributed by atoms with van der Waals surface area (Å²) >= 11 is 0. The van der Waals surface area contributed by atoms with E-state index in [9.17, 15) is 4.79 Å². The first-order valence-electron chi connectivity index (χ1n) is 3.29. The molecule has 1 rings (SSSR count). The average molecular weight is 128 g/mol. The topological polar surface area (TPSA) is 55.1 Å². The lowest BCUT2D eigenvalue weighted by Crippen LogP contribution is -2.33. The molecule has 52 valence electrons. The lowest BCUT2D eigenvalue weighted by atomic mass is 10.0. The van der Waals surface area contributed by atoms with Crippen LogP contribution in [0.5, 0.6) is 0 Å². The quantitative estimate of drug-likeness (QED) is 0.498. The first-order valence-corrected chi connectivity index (χ1v) is 3.29. The van der Waals surface area contributed by atoms with Crippen LogP contribution in [-0.4, -0.2) is 18.5 Å². The number of carbonyl (C=O) groups is 1. The highest BCUT2D eigenvalue weighted by Gasteiger charge is 2.29. The van der Waals surface area contributed by atoms with Gasteiger partial charge >= 0.3 is 0 Å². The van der Waals surface area contributed by atoms with E-state index >= 15 is 0 Å². The third-order valence-corrected chi connectivity index (χ3v) is 1.87. The maximum Gasteiger partial charge on any atom is 0.237 e. The molecule has 0 radical (unpaired) electrons. The van der Waals surface area contributed by atoms with Gasteiger partial charge in [0.25, 0.3) is 0 Å². The van der Waals surface area contributed by atoms with Crippen LogP contribution in [-0.2, 0) is 4.79 Å². The predicted octanol–water partition coefficient (Wildman–Crippen LogP) is -0.530. The van der Waals surface area contributed by atoms with Gasteiger partial charge in [0, 0.05) is 12.5 Å². The highest BCUT2D eigenvalue weighted by atomic mass is 16.2. The Morgan fingerprint density at radius 3 is 2.78 bits per heavy atom. The molecule has 3 N–H and O–H groups in total. The fraction of sp³-hybridized carbons (Fsp3) is 0.833. The number of amides is 1. The van der Waals surface area contributed by atoms with Gasteiger partial charge in [-0.1, -0.05) is 6.92 Å². The molecule has 0 aromatic rings. The molecule has 0 aliphatic carbocycles. The van der Waals surface area contributed by atoms with Crippen LogP contribution in [0.25, 0.3) is 0 Å². The van der Waals surface area contributed by atoms with Gasteiger partial charge in [-0.05, 0) is 6.42 Å². The summed E-state index contributed by atoms with van der Waals surface area (Å²) in [4.78, 5) is 10.7. The Morgan fingerprint density at radius 1 is 1.89 bits per heavy atom. The van der Waals surface area contributed by atoms with Gasteiger partial charge in [0.05, 0.1) is 6.04 Å². The van der Waals surface area contributed by atoms with Crippen molar-refractivity contribution in [3.05, 3.63) is 0 Å². The van der Waals surface area contributed by atoms with Crippen molar-refractivity contribution in [2.45, 2.75) is 19.4 Å². The van der Waals surface area contributed by atoms with E-state index in [4.69, 9.17) is 5.73 Å². The summed E-state index contributed by atoms with van der Waals surface area (Å²) in [6, 6.07) is -0.255. The molecule has 3 heteroatoms. The molecule has 1 fully saturated rings. The van der Waals surface area contributed by atoms with Crippen LogP contribution in [0.15, 0.2) is 0 Å². The minimum Gasteiger partial charge on any atom is -0.354 e. The molecule has 2 atom stereocenters. The number of carbonyl (C=O) groups excluding carboxylic acids is 1. The molecule has 1 aliphatic heterocycles. The molecule has 0 bridgehead atoms. The van der Waals surface area contributed by atoms with E-state index < -0.39 is 0 Å². The highest BCUT2D eigenvalue weighted by Crippen LogP contribution is 2.10. The van der Waals surface area contributed by atoms with Gasteiger partial charge in [0.1, 0.15) is 0 Å². The molecule has 0 aromatic heterocycles. The van der Waals surface area contributed by atoms with Crippen molar-refractivity contribution >= 4 is 5.91 Å².